The van der Waals surface area contributed by atoms with Gasteiger partial charge in [0.05, 0.1) is 4.47 Å². The van der Waals surface area contributed by atoms with Gasteiger partial charge in [0.1, 0.15) is 24.0 Å². The number of aromatic nitrogens is 1. The Morgan fingerprint density at radius 3 is 2.94 bits per heavy atom. The first kappa shape index (κ1) is 12.8. The number of benzene rings is 1. The maximum Gasteiger partial charge on any atom is 0.137 e. The van der Waals surface area contributed by atoms with E-state index >= 15 is 0 Å². The molecule has 94 valence electrons. The molecule has 0 saturated carbocycles. The molecular formula is C13H12BrFN2O. The van der Waals surface area contributed by atoms with E-state index in [1.165, 1.54) is 6.07 Å². The van der Waals surface area contributed by atoms with Crippen molar-refractivity contribution >= 4 is 21.7 Å². The second-order valence-corrected chi connectivity index (χ2v) is 4.48. The summed E-state index contributed by atoms with van der Waals surface area (Å²) in [7, 11) is 1.81. The van der Waals surface area contributed by atoms with Crippen LogP contribution in [0.15, 0.2) is 41.0 Å². The Hall–Kier alpha value is -1.62. The lowest BCUT2D eigenvalue weighted by molar-refractivity contribution is 0.305. The third-order valence-electron chi connectivity index (χ3n) is 2.41. The summed E-state index contributed by atoms with van der Waals surface area (Å²) in [6.45, 7) is 0.377. The van der Waals surface area contributed by atoms with Crippen LogP contribution in [-0.4, -0.2) is 12.0 Å². The minimum atomic E-state index is -0.306. The zero-order valence-electron chi connectivity index (χ0n) is 9.78. The lowest BCUT2D eigenvalue weighted by atomic mass is 10.2. The van der Waals surface area contributed by atoms with Crippen molar-refractivity contribution in [1.82, 2.24) is 4.98 Å². The lowest BCUT2D eigenvalue weighted by Crippen LogP contribution is -2.02. The number of pyridine rings is 1. The van der Waals surface area contributed by atoms with Gasteiger partial charge in [-0.3, -0.25) is 0 Å². The molecule has 0 amide bonds. The molecule has 0 saturated heterocycles. The highest BCUT2D eigenvalue weighted by molar-refractivity contribution is 9.10. The average Bonchev–Trinajstić information content (AvgIpc) is 2.40. The van der Waals surface area contributed by atoms with Gasteiger partial charge in [-0.25, -0.2) is 9.37 Å². The number of ether oxygens (including phenoxy) is 1. The molecule has 0 aliphatic carbocycles. The first-order valence-electron chi connectivity index (χ1n) is 5.40. The quantitative estimate of drug-likeness (QED) is 0.937. The van der Waals surface area contributed by atoms with Crippen molar-refractivity contribution < 1.29 is 9.13 Å². The maximum absolute atomic E-state index is 13.1. The van der Waals surface area contributed by atoms with Crippen molar-refractivity contribution in [3.8, 4) is 5.75 Å². The Kier molecular flexibility index (Phi) is 4.15. The predicted octanol–water partition coefficient (Wildman–Crippen LogP) is 3.60. The Morgan fingerprint density at radius 1 is 1.39 bits per heavy atom. The van der Waals surface area contributed by atoms with Crippen LogP contribution in [0.4, 0.5) is 10.2 Å². The molecule has 1 N–H and O–H groups in total. The van der Waals surface area contributed by atoms with Crippen LogP contribution < -0.4 is 10.1 Å². The number of anilines is 1. The first-order valence-corrected chi connectivity index (χ1v) is 6.19. The molecule has 0 fully saturated rings. The van der Waals surface area contributed by atoms with Gasteiger partial charge in [-0.2, -0.15) is 0 Å². The molecule has 0 bridgehead atoms. The van der Waals surface area contributed by atoms with Gasteiger partial charge in [0.2, 0.25) is 0 Å². The normalized spacial score (nSPS) is 10.2. The maximum atomic E-state index is 13.1. The van der Waals surface area contributed by atoms with Crippen LogP contribution in [-0.2, 0) is 6.61 Å². The molecule has 2 rings (SSSR count). The average molecular weight is 311 g/mol. The van der Waals surface area contributed by atoms with E-state index in [-0.39, 0.29) is 5.82 Å². The summed E-state index contributed by atoms with van der Waals surface area (Å²) in [4.78, 5) is 4.18. The summed E-state index contributed by atoms with van der Waals surface area (Å²) in [5.41, 5.74) is 0.945. The minimum absolute atomic E-state index is 0.306. The van der Waals surface area contributed by atoms with E-state index in [9.17, 15) is 4.39 Å². The number of nitrogens with one attached hydrogen (secondary N) is 1. The molecule has 18 heavy (non-hydrogen) atoms. The molecule has 0 spiro atoms. The van der Waals surface area contributed by atoms with Crippen LogP contribution in [0.3, 0.4) is 0 Å². The van der Waals surface area contributed by atoms with E-state index in [1.54, 1.807) is 25.4 Å². The zero-order chi connectivity index (χ0) is 13.0. The Bertz CT molecular complexity index is 548. The van der Waals surface area contributed by atoms with Gasteiger partial charge >= 0.3 is 0 Å². The predicted molar refractivity (Wildman–Crippen MR) is 72.2 cm³/mol. The van der Waals surface area contributed by atoms with Crippen LogP contribution in [0, 0.1) is 5.82 Å². The zero-order valence-corrected chi connectivity index (χ0v) is 11.4. The molecule has 1 aromatic carbocycles. The second kappa shape index (κ2) is 5.82. The van der Waals surface area contributed by atoms with Crippen molar-refractivity contribution in [3.05, 3.63) is 52.4 Å². The van der Waals surface area contributed by atoms with Gasteiger partial charge in [0, 0.05) is 18.8 Å². The molecule has 0 aliphatic heterocycles. The molecule has 5 heteroatoms. The summed E-state index contributed by atoms with van der Waals surface area (Å²) in [5.74, 6) is 1.08. The van der Waals surface area contributed by atoms with Crippen molar-refractivity contribution in [2.45, 2.75) is 6.61 Å². The van der Waals surface area contributed by atoms with E-state index in [4.69, 9.17) is 4.74 Å². The molecule has 1 heterocycles. The molecule has 1 aromatic heterocycles. The fourth-order valence-electron chi connectivity index (χ4n) is 1.51. The third kappa shape index (κ3) is 2.98. The third-order valence-corrected chi connectivity index (χ3v) is 3.02. The minimum Gasteiger partial charge on any atom is -0.489 e. The smallest absolute Gasteiger partial charge is 0.137 e. The van der Waals surface area contributed by atoms with Crippen LogP contribution >= 0.6 is 15.9 Å². The van der Waals surface area contributed by atoms with Gasteiger partial charge in [-0.15, -0.1) is 0 Å². The largest absolute Gasteiger partial charge is 0.489 e. The Balaban J connectivity index is 2.09. The fourth-order valence-corrected chi connectivity index (χ4v) is 1.87. The first-order chi connectivity index (χ1) is 8.70. The molecule has 3 nitrogen and oxygen atoms in total. The second-order valence-electron chi connectivity index (χ2n) is 3.63. The number of hydrogen-bond donors (Lipinski definition) is 1. The van der Waals surface area contributed by atoms with E-state index in [0.29, 0.717) is 16.8 Å². The topological polar surface area (TPSA) is 34.2 Å². The Labute approximate surface area is 113 Å². The highest BCUT2D eigenvalue weighted by Crippen LogP contribution is 2.23. The number of halogens is 2. The van der Waals surface area contributed by atoms with Crippen LogP contribution in [0.1, 0.15) is 5.56 Å². The van der Waals surface area contributed by atoms with Crippen molar-refractivity contribution in [3.63, 3.8) is 0 Å². The summed E-state index contributed by atoms with van der Waals surface area (Å²) >= 11 is 3.12. The molecule has 0 unspecified atom stereocenters. The van der Waals surface area contributed by atoms with Crippen LogP contribution in [0.5, 0.6) is 5.75 Å². The van der Waals surface area contributed by atoms with Crippen LogP contribution in [0.25, 0.3) is 0 Å². The van der Waals surface area contributed by atoms with Gasteiger partial charge in [0.25, 0.3) is 0 Å². The van der Waals surface area contributed by atoms with Crippen molar-refractivity contribution in [1.29, 1.82) is 0 Å². The standard InChI is InChI=1S/C13H12BrFN2O/c1-16-13-9(3-2-6-17-13)8-18-10-4-5-12(15)11(14)7-10/h2-7H,8H2,1H3,(H,16,17). The van der Waals surface area contributed by atoms with Gasteiger partial charge in [-0.05, 0) is 40.2 Å². The van der Waals surface area contributed by atoms with E-state index in [0.717, 1.165) is 11.4 Å². The Morgan fingerprint density at radius 2 is 2.22 bits per heavy atom. The number of rotatable bonds is 4. The highest BCUT2D eigenvalue weighted by Gasteiger charge is 2.04. The van der Waals surface area contributed by atoms with Gasteiger partial charge in [-0.1, -0.05) is 6.07 Å². The molecule has 0 atom stereocenters. The monoisotopic (exact) mass is 310 g/mol. The SMILES string of the molecule is CNc1ncccc1COc1ccc(F)c(Br)c1. The molecule has 0 radical (unpaired) electrons. The number of nitrogens with zero attached hydrogens (tertiary/aromatic N) is 1. The summed E-state index contributed by atoms with van der Waals surface area (Å²) in [6.07, 6.45) is 1.71. The summed E-state index contributed by atoms with van der Waals surface area (Å²) in [5, 5.41) is 2.99. The molecule has 0 aliphatic rings. The lowest BCUT2D eigenvalue weighted by Gasteiger charge is -2.10. The summed E-state index contributed by atoms with van der Waals surface area (Å²) in [6, 6.07) is 8.33. The highest BCUT2D eigenvalue weighted by atomic mass is 79.9. The summed E-state index contributed by atoms with van der Waals surface area (Å²) < 4.78 is 19.0. The molecule has 2 aromatic rings. The fraction of sp³-hybridized carbons (Fsp3) is 0.154. The van der Waals surface area contributed by atoms with E-state index in [2.05, 4.69) is 26.2 Å². The number of hydrogen-bond acceptors (Lipinski definition) is 3. The van der Waals surface area contributed by atoms with E-state index in [1.807, 2.05) is 12.1 Å². The van der Waals surface area contributed by atoms with Crippen molar-refractivity contribution in [2.24, 2.45) is 0 Å². The molecular weight excluding hydrogens is 299 g/mol. The van der Waals surface area contributed by atoms with Gasteiger partial charge in [0.15, 0.2) is 0 Å². The van der Waals surface area contributed by atoms with E-state index < -0.39 is 0 Å². The van der Waals surface area contributed by atoms with Crippen molar-refractivity contribution in [2.75, 3.05) is 12.4 Å². The van der Waals surface area contributed by atoms with Crippen LogP contribution in [0.2, 0.25) is 0 Å². The van der Waals surface area contributed by atoms with Gasteiger partial charge < -0.3 is 10.1 Å².